The second-order valence-electron chi connectivity index (χ2n) is 11.5. The lowest BCUT2D eigenvalue weighted by Gasteiger charge is -2.42. The van der Waals surface area contributed by atoms with Crippen LogP contribution in [0.15, 0.2) is 12.1 Å². The number of fused-ring (bicyclic) bond motifs is 2. The Hall–Kier alpha value is -0.850. The van der Waals surface area contributed by atoms with Gasteiger partial charge in [0, 0.05) is 0 Å². The minimum Gasteiger partial charge on any atom is -0.207 e. The molecule has 3 aliphatic carbocycles. The molecule has 0 spiro atoms. The predicted molar refractivity (Wildman–Crippen MR) is 131 cm³/mol. The van der Waals surface area contributed by atoms with Crippen LogP contribution < -0.4 is 0 Å². The van der Waals surface area contributed by atoms with Crippen LogP contribution in [0.5, 0.6) is 0 Å². The molecule has 0 nitrogen and oxygen atoms in total. The fourth-order valence-corrected chi connectivity index (χ4v) is 7.32. The van der Waals surface area contributed by atoms with E-state index in [0.717, 1.165) is 36.2 Å². The Morgan fingerprint density at radius 3 is 2.26 bits per heavy atom. The van der Waals surface area contributed by atoms with E-state index in [1.165, 1.54) is 107 Å². The molecule has 0 saturated heterocycles. The van der Waals surface area contributed by atoms with Gasteiger partial charge in [-0.3, -0.25) is 0 Å². The van der Waals surface area contributed by atoms with Crippen LogP contribution in [0.3, 0.4) is 0 Å². The molecule has 174 valence electrons. The largest absolute Gasteiger partial charge is 0.207 e. The monoisotopic (exact) mass is 426 g/mol. The van der Waals surface area contributed by atoms with Crippen LogP contribution in [-0.4, -0.2) is 0 Å². The molecule has 0 aromatic heterocycles. The van der Waals surface area contributed by atoms with Crippen molar-refractivity contribution < 1.29 is 4.39 Å². The van der Waals surface area contributed by atoms with Crippen LogP contribution in [0.1, 0.15) is 133 Å². The molecule has 1 aromatic carbocycles. The van der Waals surface area contributed by atoms with Crippen molar-refractivity contribution in [3.63, 3.8) is 0 Å². The quantitative estimate of drug-likeness (QED) is 0.345. The highest BCUT2D eigenvalue weighted by Crippen LogP contribution is 2.49. The summed E-state index contributed by atoms with van der Waals surface area (Å²) in [5, 5.41) is 0. The van der Waals surface area contributed by atoms with E-state index in [-0.39, 0.29) is 5.82 Å². The zero-order valence-corrected chi connectivity index (χ0v) is 20.4. The minimum atomic E-state index is 0.120. The van der Waals surface area contributed by atoms with Crippen molar-refractivity contribution in [1.29, 1.82) is 0 Å². The smallest absolute Gasteiger partial charge is 0.126 e. The first-order valence-electron chi connectivity index (χ1n) is 14.0. The summed E-state index contributed by atoms with van der Waals surface area (Å²) in [5.41, 5.74) is 3.76. The van der Waals surface area contributed by atoms with E-state index >= 15 is 4.39 Å². The maximum absolute atomic E-state index is 15.2. The van der Waals surface area contributed by atoms with E-state index < -0.39 is 0 Å². The van der Waals surface area contributed by atoms with Crippen molar-refractivity contribution >= 4 is 0 Å². The van der Waals surface area contributed by atoms with Crippen molar-refractivity contribution in [1.82, 2.24) is 0 Å². The van der Waals surface area contributed by atoms with Crippen LogP contribution in [0.2, 0.25) is 0 Å². The van der Waals surface area contributed by atoms with Gasteiger partial charge in [0.1, 0.15) is 5.82 Å². The summed E-state index contributed by atoms with van der Waals surface area (Å²) in [6.45, 7) is 4.58. The first kappa shape index (κ1) is 23.3. The number of aryl methyl sites for hydroxylation is 1. The zero-order valence-electron chi connectivity index (χ0n) is 20.4. The molecule has 31 heavy (non-hydrogen) atoms. The van der Waals surface area contributed by atoms with Gasteiger partial charge in [0.2, 0.25) is 0 Å². The van der Waals surface area contributed by atoms with Crippen molar-refractivity contribution in [3.8, 4) is 0 Å². The van der Waals surface area contributed by atoms with E-state index in [1.54, 1.807) is 0 Å². The second kappa shape index (κ2) is 11.3. The molecule has 0 bridgehead atoms. The van der Waals surface area contributed by atoms with E-state index in [4.69, 9.17) is 0 Å². The standard InChI is InChI=1S/C30H47F/c1-3-5-7-9-22-11-13-25-19-26(16-15-24(25)17-22)28-20-27-14-12-23(10-8-6-4-2)18-29(27)30(31)21-28/h20-26H,3-19H2,1-2H3. The van der Waals surface area contributed by atoms with Gasteiger partial charge in [-0.05, 0) is 104 Å². The van der Waals surface area contributed by atoms with Gasteiger partial charge in [0.25, 0.3) is 0 Å². The molecule has 2 saturated carbocycles. The third kappa shape index (κ3) is 5.94. The van der Waals surface area contributed by atoms with Crippen molar-refractivity contribution in [2.24, 2.45) is 23.7 Å². The Kier molecular flexibility index (Phi) is 8.52. The average molecular weight is 427 g/mol. The minimum absolute atomic E-state index is 0.120. The van der Waals surface area contributed by atoms with E-state index in [0.29, 0.717) is 11.8 Å². The van der Waals surface area contributed by atoms with Gasteiger partial charge >= 0.3 is 0 Å². The summed E-state index contributed by atoms with van der Waals surface area (Å²) in [6.07, 6.45) is 22.6. The van der Waals surface area contributed by atoms with Gasteiger partial charge in [-0.15, -0.1) is 0 Å². The van der Waals surface area contributed by atoms with E-state index in [9.17, 15) is 0 Å². The summed E-state index contributed by atoms with van der Waals surface area (Å²) < 4.78 is 15.2. The van der Waals surface area contributed by atoms with Gasteiger partial charge in [0.15, 0.2) is 0 Å². The Morgan fingerprint density at radius 2 is 1.48 bits per heavy atom. The van der Waals surface area contributed by atoms with Gasteiger partial charge < -0.3 is 0 Å². The molecule has 0 aliphatic heterocycles. The lowest BCUT2D eigenvalue weighted by molar-refractivity contribution is 0.113. The summed E-state index contributed by atoms with van der Waals surface area (Å²) in [5.74, 6) is 4.30. The number of rotatable bonds is 9. The molecule has 5 atom stereocenters. The highest BCUT2D eigenvalue weighted by atomic mass is 19.1. The van der Waals surface area contributed by atoms with Crippen LogP contribution in [0, 0.1) is 29.5 Å². The number of benzene rings is 1. The van der Waals surface area contributed by atoms with Crippen molar-refractivity contribution in [3.05, 3.63) is 34.6 Å². The highest BCUT2D eigenvalue weighted by Gasteiger charge is 2.36. The SMILES string of the molecule is CCCCCC1CCc2cc(C3CCC4CC(CCCCC)CCC4C3)cc(F)c2C1. The fourth-order valence-electron chi connectivity index (χ4n) is 7.32. The van der Waals surface area contributed by atoms with Crippen LogP contribution >= 0.6 is 0 Å². The summed E-state index contributed by atoms with van der Waals surface area (Å²) >= 11 is 0. The molecular formula is C30H47F. The average Bonchev–Trinajstić information content (AvgIpc) is 2.79. The van der Waals surface area contributed by atoms with E-state index in [2.05, 4.69) is 19.9 Å². The number of unbranched alkanes of at least 4 members (excludes halogenated alkanes) is 4. The number of halogens is 1. The van der Waals surface area contributed by atoms with Crippen LogP contribution in [0.25, 0.3) is 0 Å². The Balaban J connectivity index is 1.34. The van der Waals surface area contributed by atoms with Gasteiger partial charge in [-0.1, -0.05) is 77.7 Å². The normalized spacial score (nSPS) is 30.6. The molecule has 0 N–H and O–H groups in total. The van der Waals surface area contributed by atoms with E-state index in [1.807, 2.05) is 6.07 Å². The summed E-state index contributed by atoms with van der Waals surface area (Å²) in [7, 11) is 0. The van der Waals surface area contributed by atoms with Gasteiger partial charge in [-0.2, -0.15) is 0 Å². The molecule has 3 aliphatic rings. The first-order valence-corrected chi connectivity index (χ1v) is 14.0. The lowest BCUT2D eigenvalue weighted by atomic mass is 9.63. The maximum atomic E-state index is 15.2. The van der Waals surface area contributed by atoms with Crippen molar-refractivity contribution in [2.45, 2.75) is 129 Å². The number of hydrogen-bond donors (Lipinski definition) is 0. The topological polar surface area (TPSA) is 0 Å². The molecule has 4 rings (SSSR count). The van der Waals surface area contributed by atoms with Crippen molar-refractivity contribution in [2.75, 3.05) is 0 Å². The molecule has 5 unspecified atom stereocenters. The molecule has 1 heteroatoms. The molecule has 0 radical (unpaired) electrons. The molecule has 0 amide bonds. The Bertz CT molecular complexity index is 692. The predicted octanol–water partition coefficient (Wildman–Crippen LogP) is 9.39. The molecule has 0 heterocycles. The zero-order chi connectivity index (χ0) is 21.6. The van der Waals surface area contributed by atoms with Crippen LogP contribution in [0.4, 0.5) is 4.39 Å². The fraction of sp³-hybridized carbons (Fsp3) is 0.800. The molecular weight excluding hydrogens is 379 g/mol. The third-order valence-electron chi connectivity index (χ3n) is 9.25. The first-order chi connectivity index (χ1) is 15.2. The molecule has 1 aromatic rings. The van der Waals surface area contributed by atoms with Gasteiger partial charge in [0.05, 0.1) is 0 Å². The van der Waals surface area contributed by atoms with Crippen LogP contribution in [-0.2, 0) is 12.8 Å². The Morgan fingerprint density at radius 1 is 0.774 bits per heavy atom. The van der Waals surface area contributed by atoms with Gasteiger partial charge in [-0.25, -0.2) is 4.39 Å². The highest BCUT2D eigenvalue weighted by molar-refractivity contribution is 5.37. The third-order valence-corrected chi connectivity index (χ3v) is 9.25. The second-order valence-corrected chi connectivity index (χ2v) is 11.5. The molecule has 2 fully saturated rings. The summed E-state index contributed by atoms with van der Waals surface area (Å²) in [4.78, 5) is 0. The number of hydrogen-bond acceptors (Lipinski definition) is 0. The lowest BCUT2D eigenvalue weighted by Crippen LogP contribution is -2.30. The Labute approximate surface area is 191 Å². The maximum Gasteiger partial charge on any atom is 0.126 e. The summed E-state index contributed by atoms with van der Waals surface area (Å²) in [6, 6.07) is 4.39.